The number of benzene rings is 3. The zero-order valence-electron chi connectivity index (χ0n) is 18.7. The normalized spacial score (nSPS) is 13.6. The highest BCUT2D eigenvalue weighted by molar-refractivity contribution is 5.95. The maximum atomic E-state index is 13.4. The fourth-order valence-corrected chi connectivity index (χ4v) is 4.34. The van der Waals surface area contributed by atoms with Crippen molar-refractivity contribution in [1.82, 2.24) is 5.32 Å². The van der Waals surface area contributed by atoms with Gasteiger partial charge in [0, 0.05) is 18.2 Å². The van der Waals surface area contributed by atoms with E-state index in [1.165, 1.54) is 12.1 Å². The van der Waals surface area contributed by atoms with Gasteiger partial charge in [0.15, 0.2) is 0 Å². The fourth-order valence-electron chi connectivity index (χ4n) is 4.34. The predicted molar refractivity (Wildman–Crippen MR) is 128 cm³/mol. The lowest BCUT2D eigenvalue weighted by Crippen LogP contribution is -2.35. The Morgan fingerprint density at radius 3 is 2.27 bits per heavy atom. The van der Waals surface area contributed by atoms with Gasteiger partial charge < -0.3 is 10.2 Å². The first-order chi connectivity index (χ1) is 16.1. The van der Waals surface area contributed by atoms with Gasteiger partial charge in [0.25, 0.3) is 0 Å². The maximum absolute atomic E-state index is 13.4. The minimum atomic E-state index is -0.297. The molecule has 0 spiro atoms. The molecule has 0 aliphatic heterocycles. The summed E-state index contributed by atoms with van der Waals surface area (Å²) in [6.07, 6.45) is 4.30. The van der Waals surface area contributed by atoms with Crippen molar-refractivity contribution >= 4 is 17.5 Å². The van der Waals surface area contributed by atoms with Crippen LogP contribution >= 0.6 is 0 Å². The Hall–Kier alpha value is -3.47. The van der Waals surface area contributed by atoms with E-state index >= 15 is 0 Å². The first-order valence-electron chi connectivity index (χ1n) is 11.5. The van der Waals surface area contributed by atoms with Crippen molar-refractivity contribution in [2.75, 3.05) is 4.90 Å². The smallest absolute Gasteiger partial charge is 0.230 e. The lowest BCUT2D eigenvalue weighted by Gasteiger charge is -2.26. The van der Waals surface area contributed by atoms with Crippen LogP contribution in [0.5, 0.6) is 0 Å². The minimum absolute atomic E-state index is 0.0661. The van der Waals surface area contributed by atoms with Gasteiger partial charge in [-0.2, -0.15) is 0 Å². The summed E-state index contributed by atoms with van der Waals surface area (Å²) in [7, 11) is 0. The summed E-state index contributed by atoms with van der Waals surface area (Å²) in [5.74, 6) is -0.187. The van der Waals surface area contributed by atoms with Crippen LogP contribution in [0.2, 0.25) is 0 Å². The van der Waals surface area contributed by atoms with E-state index in [1.807, 2.05) is 59.5 Å². The molecule has 1 fully saturated rings. The highest BCUT2D eigenvalue weighted by Crippen LogP contribution is 2.30. The number of halogens is 1. The standard InChI is InChI=1S/C28H29FN2O2/c29-25-15-13-21(14-16-25)19-30-27(32)18-23-9-6-12-26(17-23)31(20-22-7-2-1-3-8-22)28(33)24-10-4-5-11-24/h1-3,6-9,12-17,24H,4-5,10-11,18-20H2,(H,30,32). The van der Waals surface area contributed by atoms with E-state index in [9.17, 15) is 14.0 Å². The Labute approximate surface area is 194 Å². The van der Waals surface area contributed by atoms with E-state index < -0.39 is 0 Å². The Bertz CT molecular complexity index is 1080. The fraction of sp³-hybridized carbons (Fsp3) is 0.286. The Kier molecular flexibility index (Phi) is 7.51. The summed E-state index contributed by atoms with van der Waals surface area (Å²) in [6.45, 7) is 0.857. The molecule has 4 nitrogen and oxygen atoms in total. The van der Waals surface area contributed by atoms with E-state index in [2.05, 4.69) is 5.32 Å². The highest BCUT2D eigenvalue weighted by Gasteiger charge is 2.28. The lowest BCUT2D eigenvalue weighted by molar-refractivity contribution is -0.122. The van der Waals surface area contributed by atoms with Crippen molar-refractivity contribution < 1.29 is 14.0 Å². The number of nitrogens with one attached hydrogen (secondary N) is 1. The van der Waals surface area contributed by atoms with Gasteiger partial charge in [0.1, 0.15) is 5.82 Å². The van der Waals surface area contributed by atoms with Crippen LogP contribution in [0, 0.1) is 11.7 Å². The third-order valence-electron chi connectivity index (χ3n) is 6.14. The Morgan fingerprint density at radius 1 is 0.848 bits per heavy atom. The van der Waals surface area contributed by atoms with Gasteiger partial charge in [-0.25, -0.2) is 4.39 Å². The molecule has 170 valence electrons. The molecule has 3 aromatic carbocycles. The van der Waals surface area contributed by atoms with Crippen LogP contribution in [0.25, 0.3) is 0 Å². The summed E-state index contributed by atoms with van der Waals surface area (Å²) in [6, 6.07) is 23.8. The van der Waals surface area contributed by atoms with Crippen LogP contribution in [0.4, 0.5) is 10.1 Å². The second-order valence-corrected chi connectivity index (χ2v) is 8.64. The average Bonchev–Trinajstić information content (AvgIpc) is 3.38. The maximum Gasteiger partial charge on any atom is 0.230 e. The molecule has 3 aromatic rings. The molecule has 5 heteroatoms. The van der Waals surface area contributed by atoms with Crippen LogP contribution in [0.3, 0.4) is 0 Å². The molecule has 0 heterocycles. The molecule has 0 unspecified atom stereocenters. The quantitative estimate of drug-likeness (QED) is 0.505. The van der Waals surface area contributed by atoms with E-state index in [4.69, 9.17) is 0 Å². The predicted octanol–water partition coefficient (Wildman–Crippen LogP) is 5.41. The summed E-state index contributed by atoms with van der Waals surface area (Å²) in [4.78, 5) is 27.8. The van der Waals surface area contributed by atoms with Crippen molar-refractivity contribution in [3.8, 4) is 0 Å². The molecule has 2 amide bonds. The molecule has 1 N–H and O–H groups in total. The summed E-state index contributed by atoms with van der Waals surface area (Å²) in [5, 5.41) is 2.88. The molecule has 33 heavy (non-hydrogen) atoms. The second kappa shape index (κ2) is 10.9. The third-order valence-corrected chi connectivity index (χ3v) is 6.14. The van der Waals surface area contributed by atoms with E-state index in [-0.39, 0.29) is 30.0 Å². The minimum Gasteiger partial charge on any atom is -0.352 e. The van der Waals surface area contributed by atoms with Crippen molar-refractivity contribution in [1.29, 1.82) is 0 Å². The summed E-state index contributed by atoms with van der Waals surface area (Å²) in [5.41, 5.74) is 3.59. The molecule has 1 aliphatic carbocycles. The summed E-state index contributed by atoms with van der Waals surface area (Å²) < 4.78 is 13.1. The lowest BCUT2D eigenvalue weighted by atomic mass is 10.0. The van der Waals surface area contributed by atoms with Crippen LogP contribution in [0.1, 0.15) is 42.4 Å². The SMILES string of the molecule is O=C(Cc1cccc(N(Cc2ccccc2)C(=O)C2CCCC2)c1)NCc1ccc(F)cc1. The van der Waals surface area contributed by atoms with Crippen molar-refractivity contribution in [2.24, 2.45) is 5.92 Å². The monoisotopic (exact) mass is 444 g/mol. The first-order valence-corrected chi connectivity index (χ1v) is 11.5. The average molecular weight is 445 g/mol. The van der Waals surface area contributed by atoms with E-state index in [1.54, 1.807) is 12.1 Å². The number of carbonyl (C=O) groups excluding carboxylic acids is 2. The molecular weight excluding hydrogens is 415 g/mol. The number of carbonyl (C=O) groups is 2. The van der Waals surface area contributed by atoms with Crippen molar-refractivity contribution in [3.63, 3.8) is 0 Å². The van der Waals surface area contributed by atoms with Gasteiger partial charge in [-0.05, 0) is 53.8 Å². The van der Waals surface area contributed by atoms with Gasteiger partial charge in [0.05, 0.1) is 13.0 Å². The summed E-state index contributed by atoms with van der Waals surface area (Å²) >= 11 is 0. The molecule has 0 bridgehead atoms. The molecule has 0 aromatic heterocycles. The zero-order chi connectivity index (χ0) is 23.0. The molecule has 1 saturated carbocycles. The Balaban J connectivity index is 1.46. The van der Waals surface area contributed by atoms with Crippen LogP contribution in [-0.4, -0.2) is 11.8 Å². The van der Waals surface area contributed by atoms with Crippen molar-refractivity contribution in [2.45, 2.75) is 45.2 Å². The largest absolute Gasteiger partial charge is 0.352 e. The van der Waals surface area contributed by atoms with Crippen molar-refractivity contribution in [3.05, 3.63) is 101 Å². The first kappa shape index (κ1) is 22.7. The Morgan fingerprint density at radius 2 is 1.55 bits per heavy atom. The van der Waals surface area contributed by atoms with E-state index in [0.29, 0.717) is 13.1 Å². The van der Waals surface area contributed by atoms with Gasteiger partial charge in [-0.1, -0.05) is 67.4 Å². The zero-order valence-corrected chi connectivity index (χ0v) is 18.7. The molecule has 0 saturated heterocycles. The topological polar surface area (TPSA) is 49.4 Å². The number of amides is 2. The number of anilines is 1. The van der Waals surface area contributed by atoms with Gasteiger partial charge in [0.2, 0.25) is 11.8 Å². The van der Waals surface area contributed by atoms with Crippen LogP contribution in [-0.2, 0) is 29.1 Å². The number of nitrogens with zero attached hydrogens (tertiary/aromatic N) is 1. The second-order valence-electron chi connectivity index (χ2n) is 8.64. The third kappa shape index (κ3) is 6.28. The molecular formula is C28H29FN2O2. The molecule has 0 atom stereocenters. The highest BCUT2D eigenvalue weighted by atomic mass is 19.1. The number of hydrogen-bond donors (Lipinski definition) is 1. The van der Waals surface area contributed by atoms with Crippen LogP contribution < -0.4 is 10.2 Å². The molecule has 0 radical (unpaired) electrons. The van der Waals surface area contributed by atoms with Gasteiger partial charge in [-0.3, -0.25) is 9.59 Å². The van der Waals surface area contributed by atoms with E-state index in [0.717, 1.165) is 48.1 Å². The van der Waals surface area contributed by atoms with Gasteiger partial charge >= 0.3 is 0 Å². The number of hydrogen-bond acceptors (Lipinski definition) is 2. The van der Waals surface area contributed by atoms with Crippen LogP contribution in [0.15, 0.2) is 78.9 Å². The molecule has 4 rings (SSSR count). The van der Waals surface area contributed by atoms with Gasteiger partial charge in [-0.15, -0.1) is 0 Å². The number of rotatable bonds is 8. The molecule has 1 aliphatic rings.